The van der Waals surface area contributed by atoms with Crippen LogP contribution < -0.4 is 5.73 Å². The molecule has 1 saturated heterocycles. The molecule has 2 N–H and O–H groups in total. The molecule has 0 amide bonds. The lowest BCUT2D eigenvalue weighted by Gasteiger charge is -2.42. The van der Waals surface area contributed by atoms with Gasteiger partial charge in [-0.1, -0.05) is 27.2 Å². The van der Waals surface area contributed by atoms with Gasteiger partial charge in [-0.05, 0) is 51.9 Å². The molecule has 3 heteroatoms. The molecule has 0 aromatic carbocycles. The highest BCUT2D eigenvalue weighted by atomic mass is 15.2. The Morgan fingerprint density at radius 3 is 2.56 bits per heavy atom. The van der Waals surface area contributed by atoms with Crippen LogP contribution in [0.4, 0.5) is 0 Å². The van der Waals surface area contributed by atoms with Crippen LogP contribution >= 0.6 is 0 Å². The Bertz CT molecular complexity index is 232. The monoisotopic (exact) mass is 255 g/mol. The summed E-state index contributed by atoms with van der Waals surface area (Å²) in [6, 6.07) is 0. The number of rotatable bonds is 6. The molecule has 2 atom stereocenters. The summed E-state index contributed by atoms with van der Waals surface area (Å²) < 4.78 is 0. The van der Waals surface area contributed by atoms with Gasteiger partial charge in [-0.2, -0.15) is 0 Å². The SMILES string of the molecule is CCC(C)CN(C)C1(CN)CCCN(CC)CC1. The van der Waals surface area contributed by atoms with Crippen molar-refractivity contribution in [2.75, 3.05) is 39.8 Å². The largest absolute Gasteiger partial charge is 0.329 e. The Kier molecular flexibility index (Phi) is 6.61. The van der Waals surface area contributed by atoms with Crippen LogP contribution in [-0.2, 0) is 0 Å². The van der Waals surface area contributed by atoms with Crippen LogP contribution in [-0.4, -0.2) is 55.1 Å². The Balaban J connectivity index is 2.65. The van der Waals surface area contributed by atoms with Crippen molar-refractivity contribution in [2.24, 2.45) is 11.7 Å². The predicted octanol–water partition coefficient (Wildman–Crippen LogP) is 2.17. The summed E-state index contributed by atoms with van der Waals surface area (Å²) >= 11 is 0. The molecule has 0 saturated carbocycles. The normalized spacial score (nSPS) is 28.3. The summed E-state index contributed by atoms with van der Waals surface area (Å²) in [7, 11) is 2.28. The second-order valence-corrected chi connectivity index (χ2v) is 6.11. The number of likely N-dealkylation sites (N-methyl/N-ethyl adjacent to an activating group) is 1. The fourth-order valence-corrected chi connectivity index (χ4v) is 3.08. The number of hydrogen-bond donors (Lipinski definition) is 1. The molecule has 1 heterocycles. The summed E-state index contributed by atoms with van der Waals surface area (Å²) in [5.74, 6) is 0.768. The first-order valence-corrected chi connectivity index (χ1v) is 7.71. The summed E-state index contributed by atoms with van der Waals surface area (Å²) in [4.78, 5) is 5.12. The van der Waals surface area contributed by atoms with Gasteiger partial charge in [-0.25, -0.2) is 0 Å². The van der Waals surface area contributed by atoms with E-state index in [9.17, 15) is 0 Å². The van der Waals surface area contributed by atoms with E-state index in [1.54, 1.807) is 0 Å². The predicted molar refractivity (Wildman–Crippen MR) is 79.8 cm³/mol. The van der Waals surface area contributed by atoms with E-state index in [1.807, 2.05) is 0 Å². The average Bonchev–Trinajstić information content (AvgIpc) is 2.61. The quantitative estimate of drug-likeness (QED) is 0.789. The number of likely N-dealkylation sites (tertiary alicyclic amines) is 1. The lowest BCUT2D eigenvalue weighted by atomic mass is 9.88. The van der Waals surface area contributed by atoms with Crippen molar-refractivity contribution in [3.63, 3.8) is 0 Å². The van der Waals surface area contributed by atoms with Gasteiger partial charge in [0.1, 0.15) is 0 Å². The maximum absolute atomic E-state index is 6.15. The van der Waals surface area contributed by atoms with Crippen LogP contribution in [0, 0.1) is 5.92 Å². The van der Waals surface area contributed by atoms with Gasteiger partial charge in [0.15, 0.2) is 0 Å². The average molecular weight is 255 g/mol. The van der Waals surface area contributed by atoms with Crippen LogP contribution in [0.25, 0.3) is 0 Å². The Morgan fingerprint density at radius 2 is 2.00 bits per heavy atom. The molecule has 0 aromatic heterocycles. The Labute approximate surface area is 114 Å². The van der Waals surface area contributed by atoms with Crippen molar-refractivity contribution in [1.82, 2.24) is 9.80 Å². The number of nitrogens with two attached hydrogens (primary N) is 1. The van der Waals surface area contributed by atoms with Gasteiger partial charge >= 0.3 is 0 Å². The van der Waals surface area contributed by atoms with Crippen LogP contribution in [0.15, 0.2) is 0 Å². The lowest BCUT2D eigenvalue weighted by Crippen LogP contribution is -2.53. The summed E-state index contributed by atoms with van der Waals surface area (Å²) in [6.07, 6.45) is 5.03. The molecule has 1 fully saturated rings. The smallest absolute Gasteiger partial charge is 0.0341 e. The molecule has 1 aliphatic rings. The highest BCUT2D eigenvalue weighted by molar-refractivity contribution is 4.93. The fourth-order valence-electron chi connectivity index (χ4n) is 3.08. The van der Waals surface area contributed by atoms with Crippen LogP contribution in [0.3, 0.4) is 0 Å². The van der Waals surface area contributed by atoms with Crippen LogP contribution in [0.2, 0.25) is 0 Å². The van der Waals surface area contributed by atoms with E-state index in [1.165, 1.54) is 51.9 Å². The van der Waals surface area contributed by atoms with E-state index in [-0.39, 0.29) is 5.54 Å². The zero-order valence-corrected chi connectivity index (χ0v) is 12.9. The van der Waals surface area contributed by atoms with Crippen molar-refractivity contribution in [2.45, 2.75) is 52.0 Å². The Hall–Kier alpha value is -0.120. The zero-order chi connectivity index (χ0) is 13.6. The first-order chi connectivity index (χ1) is 8.57. The van der Waals surface area contributed by atoms with Gasteiger partial charge < -0.3 is 10.6 Å². The van der Waals surface area contributed by atoms with Gasteiger partial charge in [-0.15, -0.1) is 0 Å². The maximum atomic E-state index is 6.15. The van der Waals surface area contributed by atoms with Crippen LogP contribution in [0.5, 0.6) is 0 Å². The lowest BCUT2D eigenvalue weighted by molar-refractivity contribution is 0.0910. The minimum atomic E-state index is 0.243. The standard InChI is InChI=1S/C15H33N3/c1-5-14(3)12-17(4)15(13-16)8-7-10-18(6-2)11-9-15/h14H,5-13,16H2,1-4H3. The molecule has 108 valence electrons. The topological polar surface area (TPSA) is 32.5 Å². The summed E-state index contributed by atoms with van der Waals surface area (Å²) in [6.45, 7) is 12.5. The minimum Gasteiger partial charge on any atom is -0.329 e. The highest BCUT2D eigenvalue weighted by Crippen LogP contribution is 2.28. The maximum Gasteiger partial charge on any atom is 0.0341 e. The van der Waals surface area contributed by atoms with Gasteiger partial charge in [0.25, 0.3) is 0 Å². The third kappa shape index (κ3) is 3.94. The van der Waals surface area contributed by atoms with E-state index in [0.717, 1.165) is 12.5 Å². The van der Waals surface area contributed by atoms with E-state index in [2.05, 4.69) is 37.6 Å². The molecular formula is C15H33N3. The van der Waals surface area contributed by atoms with Gasteiger partial charge in [0, 0.05) is 18.6 Å². The first-order valence-electron chi connectivity index (χ1n) is 7.71. The molecule has 0 spiro atoms. The first kappa shape index (κ1) is 15.9. The minimum absolute atomic E-state index is 0.243. The summed E-state index contributed by atoms with van der Waals surface area (Å²) in [5.41, 5.74) is 6.40. The fraction of sp³-hybridized carbons (Fsp3) is 1.00. The van der Waals surface area contributed by atoms with Crippen LogP contribution in [0.1, 0.15) is 46.5 Å². The van der Waals surface area contributed by atoms with Gasteiger partial charge in [0.2, 0.25) is 0 Å². The van der Waals surface area contributed by atoms with Crippen molar-refractivity contribution in [3.8, 4) is 0 Å². The second-order valence-electron chi connectivity index (χ2n) is 6.11. The van der Waals surface area contributed by atoms with Gasteiger partial charge in [0.05, 0.1) is 0 Å². The number of hydrogen-bond acceptors (Lipinski definition) is 3. The molecule has 0 aromatic rings. The van der Waals surface area contributed by atoms with E-state index >= 15 is 0 Å². The third-order valence-electron chi connectivity index (χ3n) is 4.93. The van der Waals surface area contributed by atoms with Crippen molar-refractivity contribution < 1.29 is 0 Å². The molecule has 18 heavy (non-hydrogen) atoms. The molecule has 2 unspecified atom stereocenters. The number of nitrogens with zero attached hydrogens (tertiary/aromatic N) is 2. The Morgan fingerprint density at radius 1 is 1.28 bits per heavy atom. The third-order valence-corrected chi connectivity index (χ3v) is 4.93. The van der Waals surface area contributed by atoms with Crippen molar-refractivity contribution >= 4 is 0 Å². The van der Waals surface area contributed by atoms with Gasteiger partial charge in [-0.3, -0.25) is 4.90 Å². The molecule has 0 aliphatic carbocycles. The molecule has 3 nitrogen and oxygen atoms in total. The van der Waals surface area contributed by atoms with E-state index in [0.29, 0.717) is 0 Å². The molecule has 1 aliphatic heterocycles. The second kappa shape index (κ2) is 7.46. The molecule has 0 radical (unpaired) electrons. The zero-order valence-electron chi connectivity index (χ0n) is 12.9. The van der Waals surface area contributed by atoms with Crippen molar-refractivity contribution in [3.05, 3.63) is 0 Å². The van der Waals surface area contributed by atoms with E-state index < -0.39 is 0 Å². The molecular weight excluding hydrogens is 222 g/mol. The van der Waals surface area contributed by atoms with E-state index in [4.69, 9.17) is 5.73 Å². The molecule has 0 bridgehead atoms. The molecule has 1 rings (SSSR count). The van der Waals surface area contributed by atoms with Crippen molar-refractivity contribution in [1.29, 1.82) is 0 Å². The summed E-state index contributed by atoms with van der Waals surface area (Å²) in [5, 5.41) is 0. The highest BCUT2D eigenvalue weighted by Gasteiger charge is 2.35.